The minimum atomic E-state index is -4.56. The molecule has 0 unspecified atom stereocenters. The maximum atomic E-state index is 14.0. The molecule has 0 saturated carbocycles. The van der Waals surface area contributed by atoms with Gasteiger partial charge in [-0.1, -0.05) is 134 Å². The van der Waals surface area contributed by atoms with Crippen molar-refractivity contribution in [3.05, 3.63) is 224 Å². The topological polar surface area (TPSA) is 252 Å². The number of nitrogens with one attached hydrogen (secondary N) is 5. The van der Waals surface area contributed by atoms with Crippen molar-refractivity contribution < 1.29 is 56.3 Å². The van der Waals surface area contributed by atoms with E-state index in [4.69, 9.17) is 0 Å². The largest absolute Gasteiger partial charge is 0.507 e. The summed E-state index contributed by atoms with van der Waals surface area (Å²) in [6, 6.07) is 24.1. The van der Waals surface area contributed by atoms with Gasteiger partial charge < -0.3 is 52.1 Å². The standard InChI is InChI=1S/2C21H27F3N2O.C21H29FN2O.2C20H29N3O/c1-19(2,3)14-9-13(11-26-20(4,5)6)18(27)16(10-14)15-7-8-25-12-17(15)21(22,23)24;1-19(2,3)14-10-13(12-26-20(4,5)6)18(27)15(11-14)17-16(21(22,23)24)8-7-9-25-17;1-13-18(22)9-14(11-23-13)17-10-16(20(2,3)4)8-15(19(17)25)12-24-21(5,6)7;1-13-21-10-15(11-22-13)17-9-16(19(2,3)4)8-14(18(17)24)12-23-20(5,6)7;1-13-10-22-17(12-21-13)16-9-15(19(2,3)4)8-14(18(16)24)11-23-20(5,6)7/h7-10,12,26-27H,11H2,1-6H3;7-11,26-27H,12H2,1-6H3;8-11,24-25H,12H2,1-7H3;8-11,23-24H,12H2,1-7H3;8-10,12,23-24H,11H2,1-7H3. The highest BCUT2D eigenvalue weighted by atomic mass is 19.4. The second-order valence-corrected chi connectivity index (χ2v) is 43.1. The first-order valence-corrected chi connectivity index (χ1v) is 43.0. The Balaban J connectivity index is 0.000000245. The smallest absolute Gasteiger partial charge is 0.418 e. The van der Waals surface area contributed by atoms with Crippen molar-refractivity contribution in [2.24, 2.45) is 0 Å². The summed E-state index contributed by atoms with van der Waals surface area (Å²) in [6.07, 6.45) is 2.89. The molecule has 24 heteroatoms. The average Bonchev–Trinajstić information content (AvgIpc) is 0.813. The van der Waals surface area contributed by atoms with Crippen LogP contribution in [0.15, 0.2) is 135 Å². The Kier molecular flexibility index (Phi) is 34.0. The molecule has 0 radical (unpaired) electrons. The predicted molar refractivity (Wildman–Crippen MR) is 503 cm³/mol. The first kappa shape index (κ1) is 106. The molecular formula is C103H141F7N12O5. The molecule has 5 aromatic heterocycles. The van der Waals surface area contributed by atoms with Gasteiger partial charge in [0.15, 0.2) is 0 Å². The molecule has 0 amide bonds. The highest BCUT2D eigenvalue weighted by Crippen LogP contribution is 2.47. The Bertz CT molecular complexity index is 5100. The number of alkyl halides is 6. The third-order valence-corrected chi connectivity index (χ3v) is 20.6. The molecule has 0 atom stereocenters. The van der Waals surface area contributed by atoms with Crippen LogP contribution in [0, 0.1) is 26.6 Å². The van der Waals surface area contributed by atoms with E-state index in [2.05, 4.69) is 198 Å². The molecule has 692 valence electrons. The number of phenolic OH excluding ortho intramolecular Hbond substituents is 5. The third-order valence-electron chi connectivity index (χ3n) is 20.6. The SMILES string of the molecule is CC(C)(C)NCc1cc(C(C)(C)C)cc(-c2ccncc2C(F)(F)F)c1O.CC(C)(C)NCc1cc(C(C)(C)C)cc(-c2ncccc2C(F)(F)F)c1O.Cc1cnc(-c2cc(C(C)(C)C)cc(CNC(C)(C)C)c2O)cn1.Cc1ncc(-c2cc(C(C)(C)C)cc(CNC(C)(C)C)c2O)cc1F.Cc1ncc(-c2cc(C(C)(C)C)cc(CNC(C)(C)C)c2O)cn1. The summed E-state index contributed by atoms with van der Waals surface area (Å²) in [5.41, 5.74) is 11.3. The number of hydrogen-bond donors (Lipinski definition) is 10. The number of nitrogens with zero attached hydrogens (tertiary/aromatic N) is 7. The number of hydrogen-bond acceptors (Lipinski definition) is 17. The van der Waals surface area contributed by atoms with Gasteiger partial charge in [0, 0.05) is 176 Å². The van der Waals surface area contributed by atoms with Gasteiger partial charge in [-0.05, 0) is 234 Å². The Morgan fingerprint density at radius 2 is 0.622 bits per heavy atom. The number of phenols is 5. The van der Waals surface area contributed by atoms with E-state index in [9.17, 15) is 56.3 Å². The minimum Gasteiger partial charge on any atom is -0.507 e. The van der Waals surface area contributed by atoms with Gasteiger partial charge in [0.1, 0.15) is 40.4 Å². The fourth-order valence-corrected chi connectivity index (χ4v) is 12.6. The van der Waals surface area contributed by atoms with Crippen molar-refractivity contribution in [2.75, 3.05) is 0 Å². The van der Waals surface area contributed by atoms with E-state index in [1.807, 2.05) is 133 Å². The van der Waals surface area contributed by atoms with Gasteiger partial charge in [0.05, 0.1) is 40.1 Å². The van der Waals surface area contributed by atoms with Crippen LogP contribution in [0.3, 0.4) is 0 Å². The molecule has 10 N–H and O–H groups in total. The molecule has 127 heavy (non-hydrogen) atoms. The summed E-state index contributed by atoms with van der Waals surface area (Å²) in [5.74, 6) is 0.785. The second-order valence-electron chi connectivity index (χ2n) is 43.1. The Labute approximate surface area is 751 Å². The Morgan fingerprint density at radius 1 is 0.299 bits per heavy atom. The van der Waals surface area contributed by atoms with Crippen molar-refractivity contribution in [3.63, 3.8) is 0 Å². The van der Waals surface area contributed by atoms with E-state index < -0.39 is 23.5 Å². The maximum Gasteiger partial charge on any atom is 0.418 e. The van der Waals surface area contributed by atoms with Gasteiger partial charge >= 0.3 is 12.4 Å². The Morgan fingerprint density at radius 3 is 0.961 bits per heavy atom. The average molecular weight is 1760 g/mol. The van der Waals surface area contributed by atoms with Crippen molar-refractivity contribution in [1.29, 1.82) is 0 Å². The molecule has 5 aromatic carbocycles. The highest BCUT2D eigenvalue weighted by molar-refractivity contribution is 5.78. The number of halogens is 7. The van der Waals surface area contributed by atoms with Gasteiger partial charge in [0.2, 0.25) is 0 Å². The minimum absolute atomic E-state index is 0.00944. The summed E-state index contributed by atoms with van der Waals surface area (Å²) >= 11 is 0. The molecule has 0 bridgehead atoms. The lowest BCUT2D eigenvalue weighted by Crippen LogP contribution is -2.35. The van der Waals surface area contributed by atoms with E-state index in [-0.39, 0.29) is 106 Å². The molecule has 10 rings (SSSR count). The summed E-state index contributed by atoms with van der Waals surface area (Å²) < 4.78 is 94.8. The molecule has 10 aromatic rings. The number of pyridine rings is 3. The van der Waals surface area contributed by atoms with Crippen molar-refractivity contribution in [2.45, 2.75) is 328 Å². The zero-order valence-electron chi connectivity index (χ0n) is 81.2. The van der Waals surface area contributed by atoms with E-state index in [0.29, 0.717) is 72.1 Å². The van der Waals surface area contributed by atoms with Gasteiger partial charge in [-0.2, -0.15) is 26.3 Å². The van der Waals surface area contributed by atoms with Crippen LogP contribution in [-0.4, -0.2) is 88.1 Å². The molecule has 17 nitrogen and oxygen atoms in total. The summed E-state index contributed by atoms with van der Waals surface area (Å²) in [4.78, 5) is 29.0. The number of aromatic hydroxyl groups is 5. The third kappa shape index (κ3) is 32.0. The fourth-order valence-electron chi connectivity index (χ4n) is 12.6. The lowest BCUT2D eigenvalue weighted by atomic mass is 9.83. The van der Waals surface area contributed by atoms with E-state index in [1.165, 1.54) is 41.7 Å². The Hall–Kier alpha value is -9.98. The van der Waals surface area contributed by atoms with E-state index in [1.54, 1.807) is 50.0 Å². The van der Waals surface area contributed by atoms with E-state index in [0.717, 1.165) is 73.9 Å². The van der Waals surface area contributed by atoms with Crippen LogP contribution >= 0.6 is 0 Å². The van der Waals surface area contributed by atoms with Crippen LogP contribution in [0.4, 0.5) is 30.7 Å². The molecule has 0 aliphatic heterocycles. The van der Waals surface area contributed by atoms with Crippen LogP contribution in [-0.2, 0) is 72.2 Å². The van der Waals surface area contributed by atoms with E-state index >= 15 is 0 Å². The van der Waals surface area contributed by atoms with Crippen molar-refractivity contribution in [1.82, 2.24) is 61.5 Å². The molecular weight excluding hydrogens is 1620 g/mol. The first-order valence-electron chi connectivity index (χ1n) is 43.0. The molecule has 0 saturated heterocycles. The van der Waals surface area contributed by atoms with Gasteiger partial charge in [-0.25, -0.2) is 14.4 Å². The normalized spacial score (nSPS) is 12.7. The first-order chi connectivity index (χ1) is 57.7. The lowest BCUT2D eigenvalue weighted by Gasteiger charge is -2.25. The highest BCUT2D eigenvalue weighted by Gasteiger charge is 2.38. The van der Waals surface area contributed by atoms with Crippen LogP contribution < -0.4 is 26.6 Å². The van der Waals surface area contributed by atoms with Crippen LogP contribution in [0.1, 0.15) is 292 Å². The summed E-state index contributed by atoms with van der Waals surface area (Å²) in [5, 5.41) is 70.8. The van der Waals surface area contributed by atoms with Gasteiger partial charge in [-0.15, -0.1) is 0 Å². The number of rotatable bonds is 15. The van der Waals surface area contributed by atoms with Crippen LogP contribution in [0.5, 0.6) is 28.7 Å². The van der Waals surface area contributed by atoms with Gasteiger partial charge in [-0.3, -0.25) is 24.9 Å². The van der Waals surface area contributed by atoms with Gasteiger partial charge in [0.25, 0.3) is 0 Å². The monoisotopic (exact) mass is 1760 g/mol. The zero-order chi connectivity index (χ0) is 96.5. The molecule has 0 spiro atoms. The summed E-state index contributed by atoms with van der Waals surface area (Å²) in [7, 11) is 0. The number of aromatic nitrogens is 7. The molecule has 5 heterocycles. The van der Waals surface area contributed by atoms with Crippen LogP contribution in [0.25, 0.3) is 55.9 Å². The molecule has 0 aliphatic carbocycles. The molecule has 0 aliphatic rings. The maximum absolute atomic E-state index is 14.0. The number of benzene rings is 5. The van der Waals surface area contributed by atoms with Crippen molar-refractivity contribution in [3.8, 4) is 84.6 Å². The quantitative estimate of drug-likeness (QED) is 0.0428. The predicted octanol–water partition coefficient (Wildman–Crippen LogP) is 25.1. The van der Waals surface area contributed by atoms with Crippen LogP contribution in [0.2, 0.25) is 0 Å². The van der Waals surface area contributed by atoms with Crippen molar-refractivity contribution >= 4 is 0 Å². The lowest BCUT2D eigenvalue weighted by molar-refractivity contribution is -0.138. The summed E-state index contributed by atoms with van der Waals surface area (Å²) in [6.45, 7) is 70.0. The fraction of sp³-hybridized carbons (Fsp3) is 0.485. The number of aryl methyl sites for hydroxylation is 3. The second kappa shape index (κ2) is 40.8. The zero-order valence-corrected chi connectivity index (χ0v) is 81.2. The molecule has 0 fully saturated rings.